The van der Waals surface area contributed by atoms with Crippen molar-refractivity contribution in [2.45, 2.75) is 13.5 Å². The maximum atomic E-state index is 12.4. The van der Waals surface area contributed by atoms with Gasteiger partial charge in [0.25, 0.3) is 5.56 Å². The maximum Gasteiger partial charge on any atom is 0.331 e. The van der Waals surface area contributed by atoms with Gasteiger partial charge in [-0.2, -0.15) is 0 Å². The first-order chi connectivity index (χ1) is 14.0. The number of nitrogens with one attached hydrogen (secondary N) is 1. The van der Waals surface area contributed by atoms with Crippen molar-refractivity contribution in [1.29, 1.82) is 0 Å². The fraction of sp³-hybridized carbons (Fsp3) is 0.136. The lowest BCUT2D eigenvalue weighted by Gasteiger charge is -2.11. The number of allylic oxidation sites excluding steroid dienone is 1. The Morgan fingerprint density at radius 1 is 1.14 bits per heavy atom. The molecular formula is C22H19N3O4. The molecule has 0 saturated carbocycles. The molecule has 146 valence electrons. The van der Waals surface area contributed by atoms with Gasteiger partial charge in [0.05, 0.1) is 19.3 Å². The second kappa shape index (κ2) is 7.27. The molecule has 7 heteroatoms. The summed E-state index contributed by atoms with van der Waals surface area (Å²) >= 11 is 0. The molecule has 1 aromatic heterocycles. The van der Waals surface area contributed by atoms with E-state index in [0.29, 0.717) is 5.75 Å². The summed E-state index contributed by atoms with van der Waals surface area (Å²) in [4.78, 5) is 31.5. The molecule has 0 aliphatic carbocycles. The van der Waals surface area contributed by atoms with Crippen molar-refractivity contribution >= 4 is 23.0 Å². The zero-order chi connectivity index (χ0) is 20.5. The van der Waals surface area contributed by atoms with Crippen molar-refractivity contribution in [2.75, 3.05) is 7.11 Å². The molecule has 2 heterocycles. The number of aliphatic imine (C=N–C) groups is 1. The average Bonchev–Trinajstić information content (AvgIpc) is 3.04. The average molecular weight is 389 g/mol. The summed E-state index contributed by atoms with van der Waals surface area (Å²) in [7, 11) is 1.57. The van der Waals surface area contributed by atoms with Crippen LogP contribution in [0.4, 0.5) is 5.69 Å². The van der Waals surface area contributed by atoms with Gasteiger partial charge in [0, 0.05) is 16.8 Å². The van der Waals surface area contributed by atoms with Crippen LogP contribution in [0.1, 0.15) is 23.6 Å². The highest BCUT2D eigenvalue weighted by atomic mass is 16.5. The van der Waals surface area contributed by atoms with Crippen molar-refractivity contribution in [1.82, 2.24) is 9.55 Å². The Morgan fingerprint density at radius 2 is 1.86 bits per heavy atom. The monoisotopic (exact) mass is 389 g/mol. The van der Waals surface area contributed by atoms with E-state index >= 15 is 0 Å². The second-order valence-corrected chi connectivity index (χ2v) is 6.70. The number of benzene rings is 2. The summed E-state index contributed by atoms with van der Waals surface area (Å²) in [6.45, 7) is 1.94. The molecule has 0 amide bonds. The first kappa shape index (κ1) is 18.5. The van der Waals surface area contributed by atoms with E-state index in [9.17, 15) is 14.7 Å². The first-order valence-electron chi connectivity index (χ1n) is 9.03. The Kier molecular flexibility index (Phi) is 4.64. The van der Waals surface area contributed by atoms with Crippen LogP contribution in [0.2, 0.25) is 0 Å². The maximum absolute atomic E-state index is 12.4. The third-order valence-electron chi connectivity index (χ3n) is 4.87. The van der Waals surface area contributed by atoms with Gasteiger partial charge in [-0.1, -0.05) is 30.3 Å². The van der Waals surface area contributed by atoms with Crippen LogP contribution in [0, 0.1) is 0 Å². The van der Waals surface area contributed by atoms with E-state index in [1.54, 1.807) is 37.5 Å². The molecule has 4 rings (SSSR count). The Hall–Kier alpha value is -3.87. The van der Waals surface area contributed by atoms with Crippen molar-refractivity contribution in [3.8, 4) is 11.6 Å². The highest BCUT2D eigenvalue weighted by Crippen LogP contribution is 2.35. The largest absolute Gasteiger partial charge is 0.497 e. The van der Waals surface area contributed by atoms with Crippen molar-refractivity contribution < 1.29 is 9.84 Å². The SMILES string of the molecule is COc1ccc(Cn2c(O)c(/C=C3/C(C)=Nc4ccccc43)c(=O)[nH]c2=O)cc1. The van der Waals surface area contributed by atoms with Gasteiger partial charge in [-0.05, 0) is 36.8 Å². The van der Waals surface area contributed by atoms with E-state index in [2.05, 4.69) is 9.98 Å². The molecule has 0 radical (unpaired) electrons. The Bertz CT molecular complexity index is 1260. The minimum Gasteiger partial charge on any atom is -0.497 e. The van der Waals surface area contributed by atoms with E-state index in [-0.39, 0.29) is 18.0 Å². The first-order valence-corrected chi connectivity index (χ1v) is 9.03. The van der Waals surface area contributed by atoms with Gasteiger partial charge in [-0.15, -0.1) is 0 Å². The second-order valence-electron chi connectivity index (χ2n) is 6.70. The van der Waals surface area contributed by atoms with Gasteiger partial charge in [-0.25, -0.2) is 4.79 Å². The molecule has 0 fully saturated rings. The fourth-order valence-electron chi connectivity index (χ4n) is 3.33. The molecule has 2 N–H and O–H groups in total. The zero-order valence-electron chi connectivity index (χ0n) is 16.0. The van der Waals surface area contributed by atoms with Crippen molar-refractivity contribution in [2.24, 2.45) is 4.99 Å². The number of aromatic hydroxyl groups is 1. The van der Waals surface area contributed by atoms with Crippen LogP contribution in [0.25, 0.3) is 11.6 Å². The number of nitrogens with zero attached hydrogens (tertiary/aromatic N) is 2. The summed E-state index contributed by atoms with van der Waals surface area (Å²) in [6.07, 6.45) is 1.57. The molecule has 7 nitrogen and oxygen atoms in total. The number of hydrogen-bond donors (Lipinski definition) is 2. The quantitative estimate of drug-likeness (QED) is 0.717. The standard InChI is InChI=1S/C22H19N3O4/c1-13-17(16-5-3-4-6-19(16)23-13)11-18-20(26)24-22(28)25(21(18)27)12-14-7-9-15(29-2)10-8-14/h3-11,27H,12H2,1-2H3,(H,24,26,28)/b17-11-. The molecule has 3 aromatic rings. The lowest BCUT2D eigenvalue weighted by molar-refractivity contribution is 0.407. The van der Waals surface area contributed by atoms with Crippen LogP contribution in [-0.4, -0.2) is 27.5 Å². The van der Waals surface area contributed by atoms with Gasteiger partial charge in [0.1, 0.15) is 11.3 Å². The Morgan fingerprint density at radius 3 is 2.59 bits per heavy atom. The summed E-state index contributed by atoms with van der Waals surface area (Å²) in [6, 6.07) is 14.7. The molecule has 1 aliphatic rings. The molecule has 0 unspecified atom stereocenters. The predicted molar refractivity (Wildman–Crippen MR) is 112 cm³/mol. The minimum atomic E-state index is -0.678. The van der Waals surface area contributed by atoms with Crippen LogP contribution in [-0.2, 0) is 6.54 Å². The molecule has 29 heavy (non-hydrogen) atoms. The number of hydrogen-bond acceptors (Lipinski definition) is 5. The van der Waals surface area contributed by atoms with E-state index < -0.39 is 11.2 Å². The summed E-state index contributed by atoms with van der Waals surface area (Å²) in [5.74, 6) is 0.297. The number of rotatable bonds is 4. The zero-order valence-corrected chi connectivity index (χ0v) is 16.0. The molecule has 0 spiro atoms. The van der Waals surface area contributed by atoms with Gasteiger partial charge in [0.15, 0.2) is 0 Å². The number of aromatic amines is 1. The summed E-state index contributed by atoms with van der Waals surface area (Å²) in [5, 5.41) is 10.7. The Labute approximate surface area is 166 Å². The van der Waals surface area contributed by atoms with E-state index in [0.717, 1.165) is 32.7 Å². The third kappa shape index (κ3) is 3.38. The molecular weight excluding hydrogens is 370 g/mol. The summed E-state index contributed by atoms with van der Waals surface area (Å²) < 4.78 is 6.26. The molecule has 0 atom stereocenters. The Balaban J connectivity index is 1.79. The van der Waals surface area contributed by atoms with E-state index in [4.69, 9.17) is 4.74 Å². The predicted octanol–water partition coefficient (Wildman–Crippen LogP) is 2.95. The lowest BCUT2D eigenvalue weighted by atomic mass is 10.0. The fourth-order valence-corrected chi connectivity index (χ4v) is 3.33. The number of H-pyrrole nitrogens is 1. The highest BCUT2D eigenvalue weighted by molar-refractivity contribution is 6.31. The number of methoxy groups -OCH3 is 1. The molecule has 2 aromatic carbocycles. The molecule has 0 bridgehead atoms. The van der Waals surface area contributed by atoms with Gasteiger partial charge < -0.3 is 9.84 Å². The van der Waals surface area contributed by atoms with Crippen molar-refractivity contribution in [3.05, 3.63) is 86.1 Å². The molecule has 0 saturated heterocycles. The van der Waals surface area contributed by atoms with E-state index in [1.165, 1.54) is 0 Å². The number of fused-ring (bicyclic) bond motifs is 1. The van der Waals surface area contributed by atoms with Crippen LogP contribution in [0.5, 0.6) is 11.6 Å². The van der Waals surface area contributed by atoms with E-state index in [1.807, 2.05) is 31.2 Å². The van der Waals surface area contributed by atoms with Gasteiger partial charge in [-0.3, -0.25) is 19.3 Å². The topological polar surface area (TPSA) is 96.7 Å². The minimum absolute atomic E-state index is 0.0133. The molecule has 1 aliphatic heterocycles. The highest BCUT2D eigenvalue weighted by Gasteiger charge is 2.20. The smallest absolute Gasteiger partial charge is 0.331 e. The van der Waals surface area contributed by atoms with Gasteiger partial charge in [0.2, 0.25) is 5.88 Å². The third-order valence-corrected chi connectivity index (χ3v) is 4.87. The van der Waals surface area contributed by atoms with Crippen LogP contribution in [0.15, 0.2) is 63.1 Å². The van der Waals surface area contributed by atoms with Crippen LogP contribution < -0.4 is 16.0 Å². The van der Waals surface area contributed by atoms with Crippen molar-refractivity contribution in [3.63, 3.8) is 0 Å². The van der Waals surface area contributed by atoms with Gasteiger partial charge >= 0.3 is 5.69 Å². The number of aromatic nitrogens is 2. The van der Waals surface area contributed by atoms with Crippen LogP contribution >= 0.6 is 0 Å². The summed E-state index contributed by atoms with van der Waals surface area (Å²) in [5.41, 5.74) is 2.60. The van der Waals surface area contributed by atoms with Crippen LogP contribution in [0.3, 0.4) is 0 Å². The number of ether oxygens (including phenoxy) is 1. The lowest BCUT2D eigenvalue weighted by Crippen LogP contribution is -2.31. The normalized spacial score (nSPS) is 14.0. The number of para-hydroxylation sites is 1.